The summed E-state index contributed by atoms with van der Waals surface area (Å²) >= 11 is 1.46. The van der Waals surface area contributed by atoms with Gasteiger partial charge in [0, 0.05) is 19.6 Å². The van der Waals surface area contributed by atoms with Gasteiger partial charge in [0.2, 0.25) is 0 Å². The number of fused-ring (bicyclic) bond motifs is 1. The zero-order chi connectivity index (χ0) is 15.3. The third-order valence-electron chi connectivity index (χ3n) is 4.46. The van der Waals surface area contributed by atoms with Gasteiger partial charge in [-0.3, -0.25) is 9.48 Å². The topological polar surface area (TPSA) is 64.2 Å². The summed E-state index contributed by atoms with van der Waals surface area (Å²) in [5.74, 6) is 0.635. The number of piperidine rings is 1. The monoisotopic (exact) mass is 306 g/mol. The third-order valence-corrected chi connectivity index (χ3v) is 5.72. The number of anilines is 1. The van der Waals surface area contributed by atoms with E-state index in [1.807, 2.05) is 23.6 Å². The first-order valence-corrected chi connectivity index (χ1v) is 8.24. The van der Waals surface area contributed by atoms with Gasteiger partial charge >= 0.3 is 0 Å². The summed E-state index contributed by atoms with van der Waals surface area (Å²) in [7, 11) is 1.89. The highest BCUT2D eigenvalue weighted by atomic mass is 32.1. The molecule has 2 atom stereocenters. The third kappa shape index (κ3) is 2.21. The lowest BCUT2D eigenvalue weighted by Crippen LogP contribution is -2.44. The predicted octanol–water partition coefficient (Wildman–Crippen LogP) is 2.79. The van der Waals surface area contributed by atoms with Gasteiger partial charge in [-0.1, -0.05) is 6.92 Å². The van der Waals surface area contributed by atoms with Crippen molar-refractivity contribution in [2.24, 2.45) is 13.0 Å². The van der Waals surface area contributed by atoms with Crippen LogP contribution < -0.4 is 5.73 Å². The number of nitrogens with zero attached hydrogens (tertiary/aromatic N) is 3. The highest BCUT2D eigenvalue weighted by Gasteiger charge is 2.31. The maximum Gasteiger partial charge on any atom is 0.266 e. The highest BCUT2D eigenvalue weighted by molar-refractivity contribution is 7.21. The van der Waals surface area contributed by atoms with Gasteiger partial charge in [0.1, 0.15) is 9.71 Å². The van der Waals surface area contributed by atoms with Crippen LogP contribution in [-0.4, -0.2) is 33.2 Å². The Balaban J connectivity index is 2.01. The van der Waals surface area contributed by atoms with Crippen LogP contribution in [0.5, 0.6) is 0 Å². The molecule has 5 nitrogen and oxygen atoms in total. The normalized spacial score (nSPS) is 23.0. The van der Waals surface area contributed by atoms with Crippen molar-refractivity contribution in [2.75, 3.05) is 12.3 Å². The molecule has 2 N–H and O–H groups in total. The van der Waals surface area contributed by atoms with Gasteiger partial charge in [-0.05, 0) is 32.6 Å². The maximum atomic E-state index is 12.9. The quantitative estimate of drug-likeness (QED) is 0.881. The van der Waals surface area contributed by atoms with Gasteiger partial charge in [0.25, 0.3) is 5.91 Å². The first-order chi connectivity index (χ1) is 9.90. The van der Waals surface area contributed by atoms with E-state index in [4.69, 9.17) is 5.73 Å². The Hall–Kier alpha value is -1.56. The number of carbonyl (C=O) groups is 1. The van der Waals surface area contributed by atoms with Crippen molar-refractivity contribution in [3.63, 3.8) is 0 Å². The molecular formula is C15H22N4OS. The number of nitrogen functional groups attached to an aromatic ring is 1. The van der Waals surface area contributed by atoms with E-state index in [1.165, 1.54) is 17.8 Å². The Morgan fingerprint density at radius 3 is 2.76 bits per heavy atom. The molecule has 0 saturated carbocycles. The lowest BCUT2D eigenvalue weighted by atomic mass is 9.95. The summed E-state index contributed by atoms with van der Waals surface area (Å²) in [6, 6.07) is 0.289. The summed E-state index contributed by atoms with van der Waals surface area (Å²) in [6.07, 6.45) is 2.26. The summed E-state index contributed by atoms with van der Waals surface area (Å²) in [4.78, 5) is 16.5. The molecule has 114 valence electrons. The van der Waals surface area contributed by atoms with Gasteiger partial charge < -0.3 is 10.6 Å². The molecule has 0 spiro atoms. The number of hydrogen-bond acceptors (Lipinski definition) is 4. The minimum atomic E-state index is 0.0761. The average molecular weight is 306 g/mol. The first kappa shape index (κ1) is 14.4. The lowest BCUT2D eigenvalue weighted by Gasteiger charge is -2.36. The van der Waals surface area contributed by atoms with Gasteiger partial charge in [0.05, 0.1) is 16.8 Å². The average Bonchev–Trinajstić information content (AvgIpc) is 2.91. The van der Waals surface area contributed by atoms with Crippen molar-refractivity contribution in [1.29, 1.82) is 0 Å². The molecule has 3 heterocycles. The van der Waals surface area contributed by atoms with E-state index >= 15 is 0 Å². The smallest absolute Gasteiger partial charge is 0.266 e. The minimum absolute atomic E-state index is 0.0761. The zero-order valence-electron chi connectivity index (χ0n) is 13.0. The summed E-state index contributed by atoms with van der Waals surface area (Å²) < 4.78 is 1.81. The van der Waals surface area contributed by atoms with Gasteiger partial charge in [-0.25, -0.2) is 0 Å². The molecule has 1 aliphatic heterocycles. The Morgan fingerprint density at radius 1 is 1.38 bits per heavy atom. The second-order valence-electron chi connectivity index (χ2n) is 6.22. The van der Waals surface area contributed by atoms with Crippen molar-refractivity contribution in [3.05, 3.63) is 10.6 Å². The second kappa shape index (κ2) is 5.02. The van der Waals surface area contributed by atoms with E-state index in [0.29, 0.717) is 16.5 Å². The Bertz CT molecular complexity index is 702. The summed E-state index contributed by atoms with van der Waals surface area (Å²) in [5, 5.41) is 5.31. The maximum absolute atomic E-state index is 12.9. The van der Waals surface area contributed by atoms with E-state index in [2.05, 4.69) is 18.9 Å². The largest absolute Gasteiger partial charge is 0.397 e. The fourth-order valence-corrected chi connectivity index (χ4v) is 4.33. The Morgan fingerprint density at radius 2 is 2.10 bits per heavy atom. The molecule has 2 unspecified atom stereocenters. The van der Waals surface area contributed by atoms with E-state index in [0.717, 1.165) is 28.9 Å². The van der Waals surface area contributed by atoms with Crippen molar-refractivity contribution in [3.8, 4) is 0 Å². The van der Waals surface area contributed by atoms with Crippen LogP contribution in [0.15, 0.2) is 0 Å². The lowest BCUT2D eigenvalue weighted by molar-refractivity contribution is 0.0580. The molecule has 2 aromatic heterocycles. The fourth-order valence-electron chi connectivity index (χ4n) is 3.19. The number of aryl methyl sites for hydroxylation is 2. The second-order valence-corrected chi connectivity index (χ2v) is 7.22. The van der Waals surface area contributed by atoms with Crippen LogP contribution >= 0.6 is 11.3 Å². The molecule has 2 aromatic rings. The zero-order valence-corrected chi connectivity index (χ0v) is 13.8. The molecule has 0 aromatic carbocycles. The molecule has 1 saturated heterocycles. The number of amides is 1. The molecule has 1 aliphatic rings. The SMILES string of the molecule is Cc1nn(C)c2sc(C(=O)N3CC(C)CCC3C)c(N)c12. The van der Waals surface area contributed by atoms with Crippen LogP contribution in [0.4, 0.5) is 5.69 Å². The first-order valence-electron chi connectivity index (χ1n) is 7.42. The van der Waals surface area contributed by atoms with Crippen LogP contribution in [-0.2, 0) is 7.05 Å². The standard InChI is InChI=1S/C15H22N4OS/c1-8-5-6-9(2)19(7-8)14(20)13-12(16)11-10(3)17-18(4)15(11)21-13/h8-9H,5-7,16H2,1-4H3. The van der Waals surface area contributed by atoms with Crippen molar-refractivity contribution in [1.82, 2.24) is 14.7 Å². The Kier molecular flexibility index (Phi) is 3.43. The van der Waals surface area contributed by atoms with Crippen LogP contribution in [0.3, 0.4) is 0 Å². The number of carbonyl (C=O) groups excluding carboxylic acids is 1. The van der Waals surface area contributed by atoms with Crippen molar-refractivity contribution >= 4 is 33.1 Å². The highest BCUT2D eigenvalue weighted by Crippen LogP contribution is 2.37. The summed E-state index contributed by atoms with van der Waals surface area (Å²) in [6.45, 7) is 7.09. The van der Waals surface area contributed by atoms with E-state index < -0.39 is 0 Å². The number of nitrogens with two attached hydrogens (primary N) is 1. The van der Waals surface area contributed by atoms with Crippen LogP contribution in [0.25, 0.3) is 10.2 Å². The van der Waals surface area contributed by atoms with Gasteiger partial charge in [0.15, 0.2) is 0 Å². The van der Waals surface area contributed by atoms with Gasteiger partial charge in [-0.15, -0.1) is 11.3 Å². The number of hydrogen-bond donors (Lipinski definition) is 1. The molecule has 1 amide bonds. The Labute approximate surface area is 128 Å². The number of likely N-dealkylation sites (tertiary alicyclic amines) is 1. The van der Waals surface area contributed by atoms with Crippen LogP contribution in [0, 0.1) is 12.8 Å². The molecule has 0 radical (unpaired) electrons. The number of rotatable bonds is 1. The molecule has 1 fully saturated rings. The molecule has 3 rings (SSSR count). The van der Waals surface area contributed by atoms with Gasteiger partial charge in [-0.2, -0.15) is 5.10 Å². The predicted molar refractivity (Wildman–Crippen MR) is 86.6 cm³/mol. The van der Waals surface area contributed by atoms with E-state index in [9.17, 15) is 4.79 Å². The molecule has 6 heteroatoms. The molecule has 0 aliphatic carbocycles. The number of aromatic nitrogens is 2. The van der Waals surface area contributed by atoms with E-state index in [-0.39, 0.29) is 11.9 Å². The molecule has 21 heavy (non-hydrogen) atoms. The van der Waals surface area contributed by atoms with Crippen LogP contribution in [0.1, 0.15) is 42.1 Å². The van der Waals surface area contributed by atoms with Crippen LogP contribution in [0.2, 0.25) is 0 Å². The summed E-state index contributed by atoms with van der Waals surface area (Å²) in [5.41, 5.74) is 7.73. The molecular weight excluding hydrogens is 284 g/mol. The van der Waals surface area contributed by atoms with Crippen molar-refractivity contribution in [2.45, 2.75) is 39.7 Å². The van der Waals surface area contributed by atoms with Crippen molar-refractivity contribution < 1.29 is 4.79 Å². The molecule has 0 bridgehead atoms. The minimum Gasteiger partial charge on any atom is -0.397 e. The fraction of sp³-hybridized carbons (Fsp3) is 0.600. The number of thiophene rings is 1. The van der Waals surface area contributed by atoms with E-state index in [1.54, 1.807) is 0 Å².